The normalized spacial score (nSPS) is 11.8. The summed E-state index contributed by atoms with van der Waals surface area (Å²) in [5.74, 6) is 1.25. The third-order valence-corrected chi connectivity index (χ3v) is 6.34. The standard InChI is InChI=1S/C20H22ClN3O4S/c1-4-19-22-20(28-23-19)17-12-16(10-11-18(17)27-5-2)29(25,26)24(3)13-14-6-8-15(21)9-7-14/h6-12H,4-5,13H2,1-3H3. The largest absolute Gasteiger partial charge is 0.493 e. The van der Waals surface area contributed by atoms with Gasteiger partial charge < -0.3 is 9.26 Å². The minimum Gasteiger partial charge on any atom is -0.493 e. The molecule has 0 unspecified atom stereocenters. The van der Waals surface area contributed by atoms with Crippen LogP contribution in [-0.4, -0.2) is 36.5 Å². The topological polar surface area (TPSA) is 85.5 Å². The third-order valence-electron chi connectivity index (χ3n) is 4.29. The molecule has 0 spiro atoms. The number of halogens is 1. The molecule has 1 heterocycles. The van der Waals surface area contributed by atoms with Crippen LogP contribution in [0.3, 0.4) is 0 Å². The average molecular weight is 436 g/mol. The lowest BCUT2D eigenvalue weighted by Gasteiger charge is -2.18. The molecule has 0 fully saturated rings. The Morgan fingerprint density at radius 3 is 2.48 bits per heavy atom. The summed E-state index contributed by atoms with van der Waals surface area (Å²) in [5.41, 5.74) is 1.27. The van der Waals surface area contributed by atoms with Gasteiger partial charge in [-0.1, -0.05) is 35.8 Å². The molecular weight excluding hydrogens is 414 g/mol. The van der Waals surface area contributed by atoms with Crippen LogP contribution in [0.4, 0.5) is 0 Å². The molecule has 0 aliphatic heterocycles. The summed E-state index contributed by atoms with van der Waals surface area (Å²) < 4.78 is 38.4. The van der Waals surface area contributed by atoms with Gasteiger partial charge in [-0.2, -0.15) is 9.29 Å². The molecular formula is C20H22ClN3O4S. The van der Waals surface area contributed by atoms with Crippen molar-refractivity contribution in [3.63, 3.8) is 0 Å². The number of aromatic nitrogens is 2. The molecule has 0 aliphatic carbocycles. The molecule has 0 saturated heterocycles. The van der Waals surface area contributed by atoms with Crippen molar-refractivity contribution in [2.45, 2.75) is 31.7 Å². The van der Waals surface area contributed by atoms with Crippen molar-refractivity contribution in [1.29, 1.82) is 0 Å². The van der Waals surface area contributed by atoms with E-state index in [0.717, 1.165) is 5.56 Å². The highest BCUT2D eigenvalue weighted by Crippen LogP contribution is 2.32. The zero-order chi connectivity index (χ0) is 21.0. The maximum absolute atomic E-state index is 13.1. The van der Waals surface area contributed by atoms with Gasteiger partial charge in [0, 0.05) is 25.0 Å². The maximum atomic E-state index is 13.1. The fraction of sp³-hybridized carbons (Fsp3) is 0.300. The van der Waals surface area contributed by atoms with Crippen LogP contribution in [-0.2, 0) is 23.0 Å². The van der Waals surface area contributed by atoms with Crippen LogP contribution < -0.4 is 4.74 Å². The Bertz CT molecular complexity index is 1080. The predicted octanol–water partition coefficient (Wildman–Crippen LogP) is 4.17. The molecule has 0 saturated carbocycles. The van der Waals surface area contributed by atoms with Crippen LogP contribution in [0.25, 0.3) is 11.5 Å². The zero-order valence-corrected chi connectivity index (χ0v) is 18.0. The van der Waals surface area contributed by atoms with Crippen molar-refractivity contribution in [3.8, 4) is 17.2 Å². The van der Waals surface area contributed by atoms with Crippen molar-refractivity contribution < 1.29 is 17.7 Å². The van der Waals surface area contributed by atoms with Crippen molar-refractivity contribution in [1.82, 2.24) is 14.4 Å². The average Bonchev–Trinajstić information content (AvgIpc) is 3.19. The number of sulfonamides is 1. The van der Waals surface area contributed by atoms with Crippen molar-refractivity contribution in [3.05, 3.63) is 58.9 Å². The Balaban J connectivity index is 1.95. The van der Waals surface area contributed by atoms with Crippen molar-refractivity contribution >= 4 is 21.6 Å². The summed E-state index contributed by atoms with van der Waals surface area (Å²) in [5, 5.41) is 4.49. The lowest BCUT2D eigenvalue weighted by Crippen LogP contribution is -2.26. The van der Waals surface area contributed by atoms with Gasteiger partial charge in [-0.3, -0.25) is 0 Å². The molecule has 0 N–H and O–H groups in total. The molecule has 29 heavy (non-hydrogen) atoms. The highest BCUT2D eigenvalue weighted by Gasteiger charge is 2.24. The van der Waals surface area contributed by atoms with E-state index in [1.807, 2.05) is 13.8 Å². The number of benzene rings is 2. The summed E-state index contributed by atoms with van der Waals surface area (Å²) in [4.78, 5) is 4.42. The number of ether oxygens (including phenoxy) is 1. The monoisotopic (exact) mass is 435 g/mol. The first-order chi connectivity index (χ1) is 13.8. The van der Waals surface area contributed by atoms with Crippen molar-refractivity contribution in [2.24, 2.45) is 0 Å². The van der Waals surface area contributed by atoms with E-state index in [1.165, 1.54) is 23.5 Å². The molecule has 0 aliphatic rings. The summed E-state index contributed by atoms with van der Waals surface area (Å²) in [7, 11) is -2.22. The Morgan fingerprint density at radius 2 is 1.86 bits per heavy atom. The fourth-order valence-electron chi connectivity index (χ4n) is 2.74. The second-order valence-electron chi connectivity index (χ2n) is 6.35. The minimum absolute atomic E-state index is 0.115. The van der Waals surface area contributed by atoms with Crippen molar-refractivity contribution in [2.75, 3.05) is 13.7 Å². The first-order valence-corrected chi connectivity index (χ1v) is 11.0. The number of hydrogen-bond acceptors (Lipinski definition) is 6. The first kappa shape index (κ1) is 21.3. The zero-order valence-electron chi connectivity index (χ0n) is 16.4. The quantitative estimate of drug-likeness (QED) is 0.527. The smallest absolute Gasteiger partial charge is 0.261 e. The number of hydrogen-bond donors (Lipinski definition) is 0. The summed E-state index contributed by atoms with van der Waals surface area (Å²) in [6, 6.07) is 11.7. The number of aryl methyl sites for hydroxylation is 1. The van der Waals surface area contributed by atoms with Crippen LogP contribution in [0, 0.1) is 0 Å². The Hall–Kier alpha value is -2.42. The predicted molar refractivity (Wildman–Crippen MR) is 110 cm³/mol. The van der Waals surface area contributed by atoms with Gasteiger partial charge >= 0.3 is 0 Å². The van der Waals surface area contributed by atoms with Crippen LogP contribution in [0.15, 0.2) is 51.9 Å². The van der Waals surface area contributed by atoms with Crippen LogP contribution >= 0.6 is 11.6 Å². The van der Waals surface area contributed by atoms with E-state index in [4.69, 9.17) is 20.9 Å². The maximum Gasteiger partial charge on any atom is 0.261 e. The van der Waals surface area contributed by atoms with Gasteiger partial charge in [0.25, 0.3) is 5.89 Å². The van der Waals surface area contributed by atoms with Gasteiger partial charge in [-0.15, -0.1) is 0 Å². The number of nitrogens with zero attached hydrogens (tertiary/aromatic N) is 3. The molecule has 9 heteroatoms. The molecule has 0 amide bonds. The number of rotatable bonds is 8. The minimum atomic E-state index is -3.75. The Labute approximate surface area is 175 Å². The highest BCUT2D eigenvalue weighted by atomic mass is 35.5. The fourth-order valence-corrected chi connectivity index (χ4v) is 4.05. The van der Waals surface area contributed by atoms with Crippen LogP contribution in [0.5, 0.6) is 5.75 Å². The molecule has 0 radical (unpaired) electrons. The van der Waals surface area contributed by atoms with Crippen LogP contribution in [0.1, 0.15) is 25.2 Å². The van der Waals surface area contributed by atoms with Gasteiger partial charge in [-0.05, 0) is 42.8 Å². The molecule has 7 nitrogen and oxygen atoms in total. The molecule has 154 valence electrons. The Morgan fingerprint density at radius 1 is 1.14 bits per heavy atom. The van der Waals surface area contributed by atoms with Gasteiger partial charge in [0.2, 0.25) is 10.0 Å². The van der Waals surface area contributed by atoms with Crippen LogP contribution in [0.2, 0.25) is 5.02 Å². The lowest BCUT2D eigenvalue weighted by molar-refractivity contribution is 0.338. The van der Waals surface area contributed by atoms with E-state index in [2.05, 4.69) is 10.1 Å². The lowest BCUT2D eigenvalue weighted by atomic mass is 10.2. The van der Waals surface area contributed by atoms with E-state index >= 15 is 0 Å². The van der Waals surface area contributed by atoms with E-state index in [-0.39, 0.29) is 17.3 Å². The molecule has 3 rings (SSSR count). The second kappa shape index (κ2) is 8.94. The van der Waals surface area contributed by atoms with Gasteiger partial charge in [0.1, 0.15) is 5.75 Å². The molecule has 0 bridgehead atoms. The first-order valence-electron chi connectivity index (χ1n) is 9.15. The molecule has 2 aromatic carbocycles. The molecule has 0 atom stereocenters. The summed E-state index contributed by atoms with van der Waals surface area (Å²) in [6.07, 6.45) is 0.606. The van der Waals surface area contributed by atoms with E-state index in [0.29, 0.717) is 35.2 Å². The summed E-state index contributed by atoms with van der Waals surface area (Å²) in [6.45, 7) is 4.39. The molecule has 1 aromatic heterocycles. The van der Waals surface area contributed by atoms with E-state index in [9.17, 15) is 8.42 Å². The van der Waals surface area contributed by atoms with Gasteiger partial charge in [0.05, 0.1) is 17.1 Å². The molecule has 3 aromatic rings. The van der Waals surface area contributed by atoms with E-state index < -0.39 is 10.0 Å². The SMILES string of the molecule is CCOc1ccc(S(=O)(=O)N(C)Cc2ccc(Cl)cc2)cc1-c1nc(CC)no1. The second-order valence-corrected chi connectivity index (χ2v) is 8.83. The third kappa shape index (κ3) is 4.77. The summed E-state index contributed by atoms with van der Waals surface area (Å²) >= 11 is 5.90. The van der Waals surface area contributed by atoms with Gasteiger partial charge in [0.15, 0.2) is 5.82 Å². The van der Waals surface area contributed by atoms with E-state index in [1.54, 1.807) is 30.3 Å². The Kier molecular flexibility index (Phi) is 6.56. The highest BCUT2D eigenvalue weighted by molar-refractivity contribution is 7.89. The van der Waals surface area contributed by atoms with Gasteiger partial charge in [-0.25, -0.2) is 8.42 Å².